The predicted molar refractivity (Wildman–Crippen MR) is 76.1 cm³/mol. The Hall–Kier alpha value is -1.48. The number of hydrogen-bond acceptors (Lipinski definition) is 3. The van der Waals surface area contributed by atoms with Crippen LogP contribution in [0.25, 0.3) is 11.3 Å². The van der Waals surface area contributed by atoms with E-state index in [2.05, 4.69) is 4.98 Å². The molecule has 0 saturated carbocycles. The Labute approximate surface area is 112 Å². The van der Waals surface area contributed by atoms with Crippen LogP contribution in [-0.4, -0.2) is 10.8 Å². The van der Waals surface area contributed by atoms with Gasteiger partial charge in [0.2, 0.25) is 0 Å². The van der Waals surface area contributed by atoms with Crippen LogP contribution in [0.5, 0.6) is 0 Å². The average molecular weight is 259 g/mol. The molecule has 0 bridgehead atoms. The number of carbonyl (C=O) groups excluding carboxylic acids is 1. The molecule has 1 aromatic carbocycles. The molecule has 0 fully saturated rings. The van der Waals surface area contributed by atoms with Crippen molar-refractivity contribution >= 4 is 17.1 Å². The van der Waals surface area contributed by atoms with Crippen molar-refractivity contribution in [1.82, 2.24) is 4.98 Å². The van der Waals surface area contributed by atoms with Crippen molar-refractivity contribution in [1.29, 1.82) is 0 Å². The minimum Gasteiger partial charge on any atom is -0.294 e. The van der Waals surface area contributed by atoms with E-state index in [0.29, 0.717) is 0 Å². The van der Waals surface area contributed by atoms with Crippen molar-refractivity contribution in [3.05, 3.63) is 40.2 Å². The minimum absolute atomic E-state index is 0.0809. The van der Waals surface area contributed by atoms with Crippen molar-refractivity contribution in [2.75, 3.05) is 0 Å². The summed E-state index contributed by atoms with van der Waals surface area (Å²) in [6.45, 7) is 6.00. The van der Waals surface area contributed by atoms with Crippen LogP contribution in [0.1, 0.15) is 35.6 Å². The van der Waals surface area contributed by atoms with Gasteiger partial charge in [0.15, 0.2) is 5.78 Å². The van der Waals surface area contributed by atoms with Crippen LogP contribution < -0.4 is 0 Å². The molecule has 2 rings (SSSR count). The van der Waals surface area contributed by atoms with Crippen LogP contribution in [0.15, 0.2) is 29.6 Å². The zero-order valence-corrected chi connectivity index (χ0v) is 11.8. The van der Waals surface area contributed by atoms with Crippen LogP contribution in [0.4, 0.5) is 0 Å². The summed E-state index contributed by atoms with van der Waals surface area (Å²) in [7, 11) is 0. The number of ketones is 1. The van der Waals surface area contributed by atoms with E-state index in [1.54, 1.807) is 11.3 Å². The van der Waals surface area contributed by atoms with E-state index in [9.17, 15) is 4.79 Å². The van der Waals surface area contributed by atoms with Gasteiger partial charge in [0, 0.05) is 22.4 Å². The Morgan fingerprint density at radius 2 is 2.22 bits per heavy atom. The van der Waals surface area contributed by atoms with Gasteiger partial charge in [-0.25, -0.2) is 4.98 Å². The molecule has 0 aliphatic heterocycles. The summed E-state index contributed by atoms with van der Waals surface area (Å²) < 4.78 is 0. The summed E-state index contributed by atoms with van der Waals surface area (Å²) in [4.78, 5) is 16.6. The number of rotatable bonds is 4. The van der Waals surface area contributed by atoms with Crippen LogP contribution in [-0.2, 0) is 0 Å². The summed E-state index contributed by atoms with van der Waals surface area (Å²) in [5.74, 6) is 0.295. The van der Waals surface area contributed by atoms with Gasteiger partial charge in [0.05, 0.1) is 10.7 Å². The molecular weight excluding hydrogens is 242 g/mol. The van der Waals surface area contributed by atoms with E-state index in [4.69, 9.17) is 0 Å². The highest BCUT2D eigenvalue weighted by atomic mass is 32.1. The van der Waals surface area contributed by atoms with Gasteiger partial charge in [-0.3, -0.25) is 4.79 Å². The van der Waals surface area contributed by atoms with Gasteiger partial charge < -0.3 is 0 Å². The first-order valence-corrected chi connectivity index (χ1v) is 7.06. The van der Waals surface area contributed by atoms with Crippen molar-refractivity contribution in [3.63, 3.8) is 0 Å². The van der Waals surface area contributed by atoms with E-state index >= 15 is 0 Å². The lowest BCUT2D eigenvalue weighted by atomic mass is 9.95. The minimum atomic E-state index is 0.0809. The van der Waals surface area contributed by atoms with Crippen molar-refractivity contribution in [3.8, 4) is 11.3 Å². The third kappa shape index (κ3) is 2.67. The predicted octanol–water partition coefficient (Wildman–Crippen LogP) is 4.35. The topological polar surface area (TPSA) is 30.0 Å². The van der Waals surface area contributed by atoms with Crippen molar-refractivity contribution < 1.29 is 4.79 Å². The lowest BCUT2D eigenvalue weighted by molar-refractivity contribution is 0.0927. The molecule has 0 spiro atoms. The van der Waals surface area contributed by atoms with Crippen LogP contribution in [0.3, 0.4) is 0 Å². The molecular formula is C15H17NOS. The summed E-state index contributed by atoms with van der Waals surface area (Å²) in [5, 5.41) is 3.07. The number of aryl methyl sites for hydroxylation is 1. The molecule has 0 aliphatic rings. The molecule has 2 aromatic rings. The molecule has 0 amide bonds. The number of carbonyl (C=O) groups is 1. The molecule has 18 heavy (non-hydrogen) atoms. The highest BCUT2D eigenvalue weighted by Crippen LogP contribution is 2.23. The van der Waals surface area contributed by atoms with Gasteiger partial charge in [-0.15, -0.1) is 11.3 Å². The third-order valence-electron chi connectivity index (χ3n) is 3.12. The quantitative estimate of drug-likeness (QED) is 0.764. The summed E-state index contributed by atoms with van der Waals surface area (Å²) >= 11 is 1.63. The normalized spacial score (nSPS) is 12.4. The molecule has 0 saturated heterocycles. The number of hydrogen-bond donors (Lipinski definition) is 0. The maximum absolute atomic E-state index is 12.1. The van der Waals surface area contributed by atoms with Crippen molar-refractivity contribution in [2.24, 2.45) is 5.92 Å². The van der Waals surface area contributed by atoms with Gasteiger partial charge in [0.1, 0.15) is 0 Å². The zero-order chi connectivity index (χ0) is 13.1. The molecule has 0 radical (unpaired) electrons. The van der Waals surface area contributed by atoms with E-state index in [0.717, 1.165) is 28.2 Å². The lowest BCUT2D eigenvalue weighted by Gasteiger charge is -2.08. The maximum Gasteiger partial charge on any atom is 0.165 e. The van der Waals surface area contributed by atoms with Gasteiger partial charge >= 0.3 is 0 Å². The maximum atomic E-state index is 12.1. The second-order valence-electron chi connectivity index (χ2n) is 4.51. The van der Waals surface area contributed by atoms with Gasteiger partial charge in [0.25, 0.3) is 0 Å². The standard InChI is InChI=1S/C15H17NOS/c1-4-10(2)15(17)13-7-5-6-12(8-13)14-9-18-11(3)16-14/h5-10H,4H2,1-3H3. The fraction of sp³-hybridized carbons (Fsp3) is 0.333. The Balaban J connectivity index is 2.33. The van der Waals surface area contributed by atoms with E-state index in [1.165, 1.54) is 0 Å². The van der Waals surface area contributed by atoms with Gasteiger partial charge in [-0.2, -0.15) is 0 Å². The molecule has 0 aliphatic carbocycles. The van der Waals surface area contributed by atoms with E-state index in [1.807, 2.05) is 50.4 Å². The third-order valence-corrected chi connectivity index (χ3v) is 3.90. The molecule has 1 aromatic heterocycles. The monoisotopic (exact) mass is 259 g/mol. The molecule has 0 N–H and O–H groups in total. The Morgan fingerprint density at radius 3 is 2.83 bits per heavy atom. The average Bonchev–Trinajstić information content (AvgIpc) is 2.84. The van der Waals surface area contributed by atoms with Crippen LogP contribution >= 0.6 is 11.3 Å². The Kier molecular flexibility index (Phi) is 3.92. The van der Waals surface area contributed by atoms with Gasteiger partial charge in [-0.1, -0.05) is 32.0 Å². The number of nitrogens with zero attached hydrogens (tertiary/aromatic N) is 1. The largest absolute Gasteiger partial charge is 0.294 e. The first-order valence-electron chi connectivity index (χ1n) is 6.18. The molecule has 2 nitrogen and oxygen atoms in total. The SMILES string of the molecule is CCC(C)C(=O)c1cccc(-c2csc(C)n2)c1. The Bertz CT molecular complexity index is 559. The summed E-state index contributed by atoms with van der Waals surface area (Å²) in [6, 6.07) is 7.77. The molecule has 3 heteroatoms. The smallest absolute Gasteiger partial charge is 0.165 e. The number of Topliss-reactive ketones (excluding diaryl/α,β-unsaturated/α-hetero) is 1. The van der Waals surface area contributed by atoms with Crippen LogP contribution in [0.2, 0.25) is 0 Å². The van der Waals surface area contributed by atoms with E-state index < -0.39 is 0 Å². The summed E-state index contributed by atoms with van der Waals surface area (Å²) in [6.07, 6.45) is 0.874. The first kappa shape index (κ1) is 13.0. The highest BCUT2D eigenvalue weighted by Gasteiger charge is 2.14. The zero-order valence-electron chi connectivity index (χ0n) is 10.9. The molecule has 1 unspecified atom stereocenters. The molecule has 1 atom stereocenters. The molecule has 94 valence electrons. The lowest BCUT2D eigenvalue weighted by Crippen LogP contribution is -2.10. The Morgan fingerprint density at radius 1 is 1.44 bits per heavy atom. The second kappa shape index (κ2) is 5.44. The number of thiazole rings is 1. The number of benzene rings is 1. The fourth-order valence-electron chi connectivity index (χ4n) is 1.80. The number of aromatic nitrogens is 1. The van der Waals surface area contributed by atoms with Gasteiger partial charge in [-0.05, 0) is 19.4 Å². The highest BCUT2D eigenvalue weighted by molar-refractivity contribution is 7.09. The first-order chi connectivity index (χ1) is 8.61. The molecule has 1 heterocycles. The second-order valence-corrected chi connectivity index (χ2v) is 5.57. The van der Waals surface area contributed by atoms with Crippen molar-refractivity contribution in [2.45, 2.75) is 27.2 Å². The summed E-state index contributed by atoms with van der Waals surface area (Å²) in [5.41, 5.74) is 2.76. The van der Waals surface area contributed by atoms with E-state index in [-0.39, 0.29) is 11.7 Å². The fourth-order valence-corrected chi connectivity index (χ4v) is 2.42. The van der Waals surface area contributed by atoms with Crippen LogP contribution in [0, 0.1) is 12.8 Å².